The van der Waals surface area contributed by atoms with Crippen LogP contribution in [-0.2, 0) is 13.2 Å². The summed E-state index contributed by atoms with van der Waals surface area (Å²) >= 11 is 6.07. The summed E-state index contributed by atoms with van der Waals surface area (Å²) in [7, 11) is 0. The van der Waals surface area contributed by atoms with E-state index in [1.807, 2.05) is 24.3 Å². The Labute approximate surface area is 154 Å². The molecule has 0 spiro atoms. The van der Waals surface area contributed by atoms with Crippen LogP contribution in [0.4, 0.5) is 0 Å². The predicted molar refractivity (Wildman–Crippen MR) is 106 cm³/mol. The number of ether oxygens (including phenoxy) is 1. The van der Waals surface area contributed by atoms with E-state index in [2.05, 4.69) is 55.6 Å². The zero-order valence-corrected chi connectivity index (χ0v) is 15.5. The highest BCUT2D eigenvalue weighted by atomic mass is 35.5. The molecule has 0 unspecified atom stereocenters. The predicted octanol–water partition coefficient (Wildman–Crippen LogP) is 5.96. The van der Waals surface area contributed by atoms with Crippen molar-refractivity contribution >= 4 is 22.4 Å². The van der Waals surface area contributed by atoms with E-state index in [0.717, 1.165) is 29.3 Å². The van der Waals surface area contributed by atoms with E-state index in [4.69, 9.17) is 16.3 Å². The summed E-state index contributed by atoms with van der Waals surface area (Å²) in [4.78, 5) is 0. The van der Waals surface area contributed by atoms with Crippen LogP contribution in [0.15, 0.2) is 60.7 Å². The minimum Gasteiger partial charge on any atom is -0.489 e. The molecule has 25 heavy (non-hydrogen) atoms. The van der Waals surface area contributed by atoms with Gasteiger partial charge in [0.15, 0.2) is 0 Å². The first kappa shape index (κ1) is 17.8. The van der Waals surface area contributed by atoms with Crippen molar-refractivity contribution in [2.24, 2.45) is 0 Å². The van der Waals surface area contributed by atoms with Crippen LogP contribution < -0.4 is 10.1 Å². The summed E-state index contributed by atoms with van der Waals surface area (Å²) < 4.78 is 6.15. The molecular weight excluding hydrogens is 330 g/mol. The van der Waals surface area contributed by atoms with Gasteiger partial charge in [-0.05, 0) is 47.9 Å². The van der Waals surface area contributed by atoms with Crippen molar-refractivity contribution < 1.29 is 4.74 Å². The quantitative estimate of drug-likeness (QED) is 0.565. The normalized spacial score (nSPS) is 12.3. The SMILES string of the molecule is CC[C@@H](C)NCc1c(OCc2cccc(Cl)c2)ccc2ccccc12. The third kappa shape index (κ3) is 4.53. The summed E-state index contributed by atoms with van der Waals surface area (Å²) in [6.07, 6.45) is 1.10. The standard InChI is InChI=1S/C22H24ClNO/c1-3-16(2)24-14-21-20-10-5-4-8-18(20)11-12-22(21)25-15-17-7-6-9-19(23)13-17/h4-13,16,24H,3,14-15H2,1-2H3/t16-/m1/s1. The average molecular weight is 354 g/mol. The molecule has 1 N–H and O–H groups in total. The molecule has 3 aromatic rings. The topological polar surface area (TPSA) is 21.3 Å². The smallest absolute Gasteiger partial charge is 0.124 e. The van der Waals surface area contributed by atoms with Gasteiger partial charge in [-0.25, -0.2) is 0 Å². The minimum absolute atomic E-state index is 0.472. The Morgan fingerprint density at radius 2 is 1.88 bits per heavy atom. The average Bonchev–Trinajstić information content (AvgIpc) is 2.64. The molecule has 3 aromatic carbocycles. The second-order valence-electron chi connectivity index (χ2n) is 6.37. The minimum atomic E-state index is 0.472. The van der Waals surface area contributed by atoms with Gasteiger partial charge in [-0.3, -0.25) is 0 Å². The van der Waals surface area contributed by atoms with Crippen molar-refractivity contribution in [3.05, 3.63) is 76.8 Å². The maximum atomic E-state index is 6.15. The number of fused-ring (bicyclic) bond motifs is 1. The lowest BCUT2D eigenvalue weighted by atomic mass is 10.0. The fraction of sp³-hybridized carbons (Fsp3) is 0.273. The third-order valence-electron chi connectivity index (χ3n) is 4.52. The van der Waals surface area contributed by atoms with Crippen molar-refractivity contribution in [2.75, 3.05) is 0 Å². The second-order valence-corrected chi connectivity index (χ2v) is 6.81. The molecule has 0 radical (unpaired) electrons. The molecule has 0 amide bonds. The van der Waals surface area contributed by atoms with Gasteiger partial charge in [0, 0.05) is 23.2 Å². The molecule has 0 aromatic heterocycles. The van der Waals surface area contributed by atoms with Crippen molar-refractivity contribution in [1.82, 2.24) is 5.32 Å². The van der Waals surface area contributed by atoms with Gasteiger partial charge >= 0.3 is 0 Å². The zero-order chi connectivity index (χ0) is 17.6. The van der Waals surface area contributed by atoms with Gasteiger partial charge in [0.2, 0.25) is 0 Å². The monoisotopic (exact) mass is 353 g/mol. The van der Waals surface area contributed by atoms with Crippen LogP contribution in [0.1, 0.15) is 31.4 Å². The summed E-state index contributed by atoms with van der Waals surface area (Å²) in [5.41, 5.74) is 2.28. The first-order chi connectivity index (χ1) is 12.2. The molecular formula is C22H24ClNO. The van der Waals surface area contributed by atoms with Crippen LogP contribution in [0.3, 0.4) is 0 Å². The molecule has 2 nitrogen and oxygen atoms in total. The van der Waals surface area contributed by atoms with Gasteiger partial charge in [0.1, 0.15) is 12.4 Å². The molecule has 130 valence electrons. The number of hydrogen-bond donors (Lipinski definition) is 1. The Morgan fingerprint density at radius 1 is 1.04 bits per heavy atom. The highest BCUT2D eigenvalue weighted by Gasteiger charge is 2.10. The van der Waals surface area contributed by atoms with Crippen LogP contribution in [0, 0.1) is 0 Å². The maximum Gasteiger partial charge on any atom is 0.124 e. The van der Waals surface area contributed by atoms with Crippen molar-refractivity contribution in [1.29, 1.82) is 0 Å². The number of rotatable bonds is 7. The third-order valence-corrected chi connectivity index (χ3v) is 4.76. The number of halogens is 1. The molecule has 0 bridgehead atoms. The van der Waals surface area contributed by atoms with Gasteiger partial charge in [-0.15, -0.1) is 0 Å². The molecule has 0 fully saturated rings. The Bertz CT molecular complexity index is 846. The van der Waals surface area contributed by atoms with Crippen LogP contribution in [-0.4, -0.2) is 6.04 Å². The molecule has 3 heteroatoms. The summed E-state index contributed by atoms with van der Waals surface area (Å²) in [6.45, 7) is 5.70. The molecule has 1 atom stereocenters. The molecule has 0 aliphatic heterocycles. The van der Waals surface area contributed by atoms with E-state index in [0.29, 0.717) is 12.6 Å². The largest absolute Gasteiger partial charge is 0.489 e. The maximum absolute atomic E-state index is 6.15. The zero-order valence-electron chi connectivity index (χ0n) is 14.8. The van der Waals surface area contributed by atoms with Crippen LogP contribution >= 0.6 is 11.6 Å². The van der Waals surface area contributed by atoms with Crippen molar-refractivity contribution in [3.63, 3.8) is 0 Å². The van der Waals surface area contributed by atoms with Crippen LogP contribution in [0.25, 0.3) is 10.8 Å². The fourth-order valence-electron chi connectivity index (χ4n) is 2.84. The van der Waals surface area contributed by atoms with Gasteiger partial charge < -0.3 is 10.1 Å². The lowest BCUT2D eigenvalue weighted by Crippen LogP contribution is -2.24. The van der Waals surface area contributed by atoms with Gasteiger partial charge in [-0.2, -0.15) is 0 Å². The summed E-state index contributed by atoms with van der Waals surface area (Å²) in [5, 5.41) is 6.79. The summed E-state index contributed by atoms with van der Waals surface area (Å²) in [6, 6.07) is 20.9. The van der Waals surface area contributed by atoms with E-state index in [1.165, 1.54) is 16.3 Å². The van der Waals surface area contributed by atoms with Gasteiger partial charge in [0.25, 0.3) is 0 Å². The Kier molecular flexibility index (Phi) is 5.95. The van der Waals surface area contributed by atoms with E-state index >= 15 is 0 Å². The van der Waals surface area contributed by atoms with Crippen LogP contribution in [0.2, 0.25) is 5.02 Å². The lowest BCUT2D eigenvalue weighted by Gasteiger charge is -2.17. The number of benzene rings is 3. The van der Waals surface area contributed by atoms with E-state index in [9.17, 15) is 0 Å². The highest BCUT2D eigenvalue weighted by Crippen LogP contribution is 2.29. The molecule has 0 aliphatic carbocycles. The summed E-state index contributed by atoms with van der Waals surface area (Å²) in [5.74, 6) is 0.925. The molecule has 0 saturated heterocycles. The van der Waals surface area contributed by atoms with Crippen LogP contribution in [0.5, 0.6) is 5.75 Å². The van der Waals surface area contributed by atoms with E-state index in [1.54, 1.807) is 0 Å². The first-order valence-corrected chi connectivity index (χ1v) is 9.16. The van der Waals surface area contributed by atoms with Crippen molar-refractivity contribution in [2.45, 2.75) is 39.5 Å². The van der Waals surface area contributed by atoms with Gasteiger partial charge in [-0.1, -0.05) is 61.0 Å². The lowest BCUT2D eigenvalue weighted by molar-refractivity contribution is 0.302. The Hall–Kier alpha value is -2.03. The molecule has 3 rings (SSSR count). The second kappa shape index (κ2) is 8.37. The highest BCUT2D eigenvalue weighted by molar-refractivity contribution is 6.30. The fourth-order valence-corrected chi connectivity index (χ4v) is 3.05. The molecule has 0 saturated carbocycles. The van der Waals surface area contributed by atoms with E-state index < -0.39 is 0 Å². The van der Waals surface area contributed by atoms with E-state index in [-0.39, 0.29) is 0 Å². The Balaban J connectivity index is 1.87. The number of nitrogens with one attached hydrogen (secondary N) is 1. The first-order valence-electron chi connectivity index (χ1n) is 8.78. The molecule has 0 heterocycles. The number of hydrogen-bond acceptors (Lipinski definition) is 2. The van der Waals surface area contributed by atoms with Crippen molar-refractivity contribution in [3.8, 4) is 5.75 Å². The molecule has 0 aliphatic rings. The van der Waals surface area contributed by atoms with Gasteiger partial charge in [0.05, 0.1) is 0 Å². The Morgan fingerprint density at radius 3 is 2.68 bits per heavy atom.